The Hall–Kier alpha value is -2.49. The molecule has 0 aromatic heterocycles. The Balaban J connectivity index is 1.94. The summed E-state index contributed by atoms with van der Waals surface area (Å²) in [4.78, 5) is 12.1. The highest BCUT2D eigenvalue weighted by Crippen LogP contribution is 2.29. The van der Waals surface area contributed by atoms with E-state index in [9.17, 15) is 4.79 Å². The summed E-state index contributed by atoms with van der Waals surface area (Å²) in [5, 5.41) is 5.63. The maximum Gasteiger partial charge on any atom is 0.321 e. The zero-order valence-electron chi connectivity index (χ0n) is 15.1. The Morgan fingerprint density at radius 3 is 2.46 bits per heavy atom. The lowest BCUT2D eigenvalue weighted by Gasteiger charge is -2.23. The van der Waals surface area contributed by atoms with Gasteiger partial charge in [-0.25, -0.2) is 4.79 Å². The van der Waals surface area contributed by atoms with Crippen molar-refractivity contribution in [2.45, 2.75) is 40.0 Å². The van der Waals surface area contributed by atoms with Gasteiger partial charge in [0.25, 0.3) is 0 Å². The lowest BCUT2D eigenvalue weighted by molar-refractivity contribution is 0.234. The number of anilines is 1. The Morgan fingerprint density at radius 2 is 1.75 bits per heavy atom. The molecule has 2 aromatic rings. The fourth-order valence-corrected chi connectivity index (χ4v) is 2.47. The molecule has 2 amide bonds. The number of urea groups is 1. The number of carbonyl (C=O) groups excluding carboxylic acids is 1. The Bertz CT molecular complexity index is 718. The molecule has 0 aliphatic carbocycles. The van der Waals surface area contributed by atoms with Crippen LogP contribution in [0.4, 0.5) is 10.5 Å². The molecular formula is C20H26N2O2. The highest BCUT2D eigenvalue weighted by molar-refractivity contribution is 5.90. The number of carbonyl (C=O) groups is 1. The van der Waals surface area contributed by atoms with Crippen LogP contribution in [0.15, 0.2) is 42.5 Å². The summed E-state index contributed by atoms with van der Waals surface area (Å²) in [5.41, 5.74) is 4.11. The van der Waals surface area contributed by atoms with Crippen LogP contribution in [0.5, 0.6) is 5.75 Å². The average Bonchev–Trinajstić information content (AvgIpc) is 2.51. The van der Waals surface area contributed by atoms with Crippen molar-refractivity contribution < 1.29 is 9.53 Å². The largest absolute Gasteiger partial charge is 0.473 e. The Morgan fingerprint density at radius 1 is 1.04 bits per heavy atom. The van der Waals surface area contributed by atoms with Gasteiger partial charge in [-0.15, -0.1) is 0 Å². The third-order valence-corrected chi connectivity index (χ3v) is 4.00. The van der Waals surface area contributed by atoms with E-state index in [1.807, 2.05) is 56.3 Å². The standard InChI is InChI=1S/C20H26N2O2/c1-14-9-8-12-18(15(14)2)24-13-21-19(23)22-17-11-7-6-10-16(17)20(3,4)5/h6-12H,13H2,1-5H3,(H2,21,22,23). The number of aryl methyl sites for hydroxylation is 1. The molecule has 0 fully saturated rings. The molecule has 24 heavy (non-hydrogen) atoms. The van der Waals surface area contributed by atoms with Crippen molar-refractivity contribution in [3.05, 3.63) is 59.2 Å². The molecule has 0 aliphatic heterocycles. The third-order valence-electron chi connectivity index (χ3n) is 4.00. The van der Waals surface area contributed by atoms with Gasteiger partial charge in [-0.3, -0.25) is 0 Å². The monoisotopic (exact) mass is 326 g/mol. The van der Waals surface area contributed by atoms with E-state index in [1.165, 1.54) is 0 Å². The van der Waals surface area contributed by atoms with E-state index in [0.717, 1.165) is 28.1 Å². The molecule has 0 saturated heterocycles. The van der Waals surface area contributed by atoms with Gasteiger partial charge in [0.15, 0.2) is 6.73 Å². The van der Waals surface area contributed by atoms with Crippen molar-refractivity contribution in [3.63, 3.8) is 0 Å². The van der Waals surface area contributed by atoms with Gasteiger partial charge in [-0.05, 0) is 48.1 Å². The molecule has 2 N–H and O–H groups in total. The number of ether oxygens (including phenoxy) is 1. The molecule has 0 atom stereocenters. The highest BCUT2D eigenvalue weighted by atomic mass is 16.5. The summed E-state index contributed by atoms with van der Waals surface area (Å²) in [5.74, 6) is 0.783. The number of rotatable bonds is 4. The van der Waals surface area contributed by atoms with Gasteiger partial charge < -0.3 is 15.4 Å². The Labute approximate surface area is 144 Å². The summed E-state index contributed by atoms with van der Waals surface area (Å²) < 4.78 is 5.65. The molecule has 2 rings (SSSR count). The van der Waals surface area contributed by atoms with Crippen molar-refractivity contribution >= 4 is 11.7 Å². The summed E-state index contributed by atoms with van der Waals surface area (Å²) in [6, 6.07) is 13.4. The molecule has 128 valence electrons. The SMILES string of the molecule is Cc1cccc(OCNC(=O)Nc2ccccc2C(C)(C)C)c1C. The van der Waals surface area contributed by atoms with E-state index >= 15 is 0 Å². The fraction of sp³-hybridized carbons (Fsp3) is 0.350. The molecule has 4 heteroatoms. The molecule has 2 aromatic carbocycles. The molecule has 0 spiro atoms. The van der Waals surface area contributed by atoms with E-state index in [-0.39, 0.29) is 18.2 Å². The van der Waals surface area contributed by atoms with Crippen molar-refractivity contribution in [1.29, 1.82) is 0 Å². The highest BCUT2D eigenvalue weighted by Gasteiger charge is 2.18. The van der Waals surface area contributed by atoms with Gasteiger partial charge in [0.05, 0.1) is 0 Å². The first-order valence-corrected chi connectivity index (χ1v) is 8.12. The molecule has 0 bridgehead atoms. The van der Waals surface area contributed by atoms with Crippen molar-refractivity contribution in [3.8, 4) is 5.75 Å². The Kier molecular flexibility index (Phi) is 5.50. The second kappa shape index (κ2) is 7.39. The second-order valence-corrected chi connectivity index (χ2v) is 6.91. The molecule has 0 saturated carbocycles. The first-order valence-electron chi connectivity index (χ1n) is 8.12. The predicted molar refractivity (Wildman–Crippen MR) is 98.7 cm³/mol. The van der Waals surface area contributed by atoms with E-state index < -0.39 is 0 Å². The quantitative estimate of drug-likeness (QED) is 0.796. The number of hydrogen-bond acceptors (Lipinski definition) is 2. The normalized spacial score (nSPS) is 11.0. The first kappa shape index (κ1) is 17.9. The van der Waals surface area contributed by atoms with E-state index in [2.05, 4.69) is 31.4 Å². The minimum absolute atomic E-state index is 0.0426. The zero-order valence-corrected chi connectivity index (χ0v) is 15.1. The molecule has 4 nitrogen and oxygen atoms in total. The van der Waals surface area contributed by atoms with Crippen molar-refractivity contribution in [2.24, 2.45) is 0 Å². The van der Waals surface area contributed by atoms with Crippen LogP contribution in [-0.4, -0.2) is 12.8 Å². The van der Waals surface area contributed by atoms with Gasteiger partial charge in [0, 0.05) is 5.69 Å². The summed E-state index contributed by atoms with van der Waals surface area (Å²) in [7, 11) is 0. The van der Waals surface area contributed by atoms with Crippen LogP contribution in [-0.2, 0) is 5.41 Å². The van der Waals surface area contributed by atoms with Crippen LogP contribution >= 0.6 is 0 Å². The minimum atomic E-state index is -0.281. The zero-order chi connectivity index (χ0) is 17.7. The molecule has 0 heterocycles. The van der Waals surface area contributed by atoms with Gasteiger partial charge in [-0.2, -0.15) is 0 Å². The lowest BCUT2D eigenvalue weighted by atomic mass is 9.86. The number of nitrogens with one attached hydrogen (secondary N) is 2. The van der Waals surface area contributed by atoms with E-state index in [4.69, 9.17) is 4.74 Å². The first-order chi connectivity index (χ1) is 11.3. The number of amides is 2. The lowest BCUT2D eigenvalue weighted by Crippen LogP contribution is -2.33. The third kappa shape index (κ3) is 4.51. The van der Waals surface area contributed by atoms with Crippen molar-refractivity contribution in [1.82, 2.24) is 5.32 Å². The van der Waals surface area contributed by atoms with Crippen LogP contribution < -0.4 is 15.4 Å². The number of para-hydroxylation sites is 1. The number of hydrogen-bond donors (Lipinski definition) is 2. The second-order valence-electron chi connectivity index (χ2n) is 6.91. The summed E-state index contributed by atoms with van der Waals surface area (Å²) in [6.45, 7) is 10.5. The summed E-state index contributed by atoms with van der Waals surface area (Å²) >= 11 is 0. The van der Waals surface area contributed by atoms with Crippen LogP contribution in [0.25, 0.3) is 0 Å². The topological polar surface area (TPSA) is 50.4 Å². The predicted octanol–water partition coefficient (Wildman–Crippen LogP) is 4.76. The maximum absolute atomic E-state index is 12.1. The molecule has 0 unspecified atom stereocenters. The smallest absolute Gasteiger partial charge is 0.321 e. The van der Waals surface area contributed by atoms with E-state index in [1.54, 1.807) is 0 Å². The number of benzene rings is 2. The average molecular weight is 326 g/mol. The summed E-state index contributed by atoms with van der Waals surface area (Å²) in [6.07, 6.45) is 0. The van der Waals surface area contributed by atoms with Crippen LogP contribution in [0, 0.1) is 13.8 Å². The minimum Gasteiger partial charge on any atom is -0.473 e. The molecule has 0 aliphatic rings. The van der Waals surface area contributed by atoms with Gasteiger partial charge >= 0.3 is 6.03 Å². The van der Waals surface area contributed by atoms with Gasteiger partial charge in [-0.1, -0.05) is 51.1 Å². The van der Waals surface area contributed by atoms with Gasteiger partial charge in [0.1, 0.15) is 5.75 Å². The molecule has 0 radical (unpaired) electrons. The molecular weight excluding hydrogens is 300 g/mol. The van der Waals surface area contributed by atoms with E-state index in [0.29, 0.717) is 0 Å². The van der Waals surface area contributed by atoms with Crippen LogP contribution in [0.3, 0.4) is 0 Å². The van der Waals surface area contributed by atoms with Crippen molar-refractivity contribution in [2.75, 3.05) is 12.0 Å². The van der Waals surface area contributed by atoms with Gasteiger partial charge in [0.2, 0.25) is 0 Å². The van der Waals surface area contributed by atoms with Crippen LogP contribution in [0.1, 0.15) is 37.5 Å². The van der Waals surface area contributed by atoms with Crippen LogP contribution in [0.2, 0.25) is 0 Å². The maximum atomic E-state index is 12.1. The fourth-order valence-electron chi connectivity index (χ4n) is 2.47.